The molecule has 1 spiro atoms. The second-order valence-corrected chi connectivity index (χ2v) is 23.6. The third-order valence-electron chi connectivity index (χ3n) is 14.6. The summed E-state index contributed by atoms with van der Waals surface area (Å²) >= 11 is 0. The summed E-state index contributed by atoms with van der Waals surface area (Å²) in [6, 6.07) is 42.2. The molecule has 0 aromatic heterocycles. The number of carbonyl (C=O) groups is 4. The second kappa shape index (κ2) is 19.6. The summed E-state index contributed by atoms with van der Waals surface area (Å²) in [6.45, 7) is 6.93. The Morgan fingerprint density at radius 2 is 1.27 bits per heavy atom. The SMILES string of the molecule is COc1ccc(C(=O)Nc2ccc(CN3C(=O)[C@@]4(O[C@@H](CC(=O)N5Cc6ccccc6C[C@H]5CO)[C@H]([Si](C)(C)c5ccc(OC)cc5)[C@H]4C)c4cc(NC(=O)c5ccc(OC)cc5)ccc43)cc2)cc1. The van der Waals surface area contributed by atoms with E-state index in [0.717, 1.165) is 27.6 Å². The molecule has 4 amide bonds. The number of fused-ring (bicyclic) bond motifs is 3. The topological polar surface area (TPSA) is 156 Å². The van der Waals surface area contributed by atoms with Crippen molar-refractivity contribution in [3.8, 4) is 17.2 Å². The van der Waals surface area contributed by atoms with Gasteiger partial charge in [0, 0.05) is 40.5 Å². The lowest BCUT2D eigenvalue weighted by molar-refractivity contribution is -0.151. The van der Waals surface area contributed by atoms with E-state index in [2.05, 4.69) is 42.8 Å². The van der Waals surface area contributed by atoms with E-state index < -0.39 is 31.7 Å². The summed E-state index contributed by atoms with van der Waals surface area (Å²) in [5.74, 6) is 0.493. The molecule has 14 heteroatoms. The lowest BCUT2D eigenvalue weighted by Crippen LogP contribution is -2.52. The Balaban J connectivity index is 1.09. The quantitative estimate of drug-likeness (QED) is 0.0915. The molecule has 3 aliphatic heterocycles. The van der Waals surface area contributed by atoms with Crippen LogP contribution in [0.4, 0.5) is 17.1 Å². The van der Waals surface area contributed by atoms with E-state index in [4.69, 9.17) is 18.9 Å². The molecule has 1 fully saturated rings. The Kier molecular flexibility index (Phi) is 13.4. The van der Waals surface area contributed by atoms with E-state index in [-0.39, 0.29) is 48.7 Å². The van der Waals surface area contributed by atoms with Gasteiger partial charge >= 0.3 is 0 Å². The maximum absolute atomic E-state index is 15.8. The number of amides is 4. The Morgan fingerprint density at radius 3 is 1.84 bits per heavy atom. The van der Waals surface area contributed by atoms with Gasteiger partial charge in [0.15, 0.2) is 5.60 Å². The van der Waals surface area contributed by atoms with E-state index in [1.54, 1.807) is 97.9 Å². The summed E-state index contributed by atoms with van der Waals surface area (Å²) in [7, 11) is 2.09. The highest BCUT2D eigenvalue weighted by Gasteiger charge is 2.66. The van der Waals surface area contributed by atoms with Gasteiger partial charge in [-0.1, -0.05) is 73.7 Å². The zero-order valence-electron chi connectivity index (χ0n) is 40.2. The fourth-order valence-electron chi connectivity index (χ4n) is 10.8. The molecular formula is C56H58N4O9Si. The summed E-state index contributed by atoms with van der Waals surface area (Å²) in [6.07, 6.45) is -0.185. The van der Waals surface area contributed by atoms with E-state index in [0.29, 0.717) is 58.2 Å². The molecule has 3 N–H and O–H groups in total. The van der Waals surface area contributed by atoms with Crippen LogP contribution in [-0.4, -0.2) is 81.8 Å². The molecule has 0 radical (unpaired) electrons. The molecule has 6 aromatic carbocycles. The number of hydrogen-bond acceptors (Lipinski definition) is 9. The van der Waals surface area contributed by atoms with Crippen molar-refractivity contribution in [2.45, 2.75) is 69.2 Å². The lowest BCUT2D eigenvalue weighted by atomic mass is 9.82. The maximum atomic E-state index is 15.8. The van der Waals surface area contributed by atoms with Crippen molar-refractivity contribution in [1.29, 1.82) is 0 Å². The van der Waals surface area contributed by atoms with Crippen LogP contribution >= 0.6 is 0 Å². The number of aliphatic hydroxyl groups excluding tert-OH is 1. The van der Waals surface area contributed by atoms with Crippen LogP contribution in [0.3, 0.4) is 0 Å². The molecule has 0 saturated carbocycles. The van der Waals surface area contributed by atoms with Crippen molar-refractivity contribution >= 4 is 54.0 Å². The van der Waals surface area contributed by atoms with Gasteiger partial charge in [0.2, 0.25) is 5.91 Å². The van der Waals surface area contributed by atoms with Gasteiger partial charge in [0.05, 0.1) is 66.8 Å². The Morgan fingerprint density at radius 1 is 0.729 bits per heavy atom. The summed E-state index contributed by atoms with van der Waals surface area (Å²) in [4.78, 5) is 61.0. The van der Waals surface area contributed by atoms with Gasteiger partial charge in [0.25, 0.3) is 17.7 Å². The first-order chi connectivity index (χ1) is 33.8. The normalized spacial score (nSPS) is 20.4. The molecule has 1 saturated heterocycles. The summed E-state index contributed by atoms with van der Waals surface area (Å²) in [5, 5.41) is 17.8. The molecular weight excluding hydrogens is 901 g/mol. The average Bonchev–Trinajstić information content (AvgIpc) is 3.81. The third-order valence-corrected chi connectivity index (χ3v) is 19.0. The first-order valence-corrected chi connectivity index (χ1v) is 26.6. The zero-order valence-corrected chi connectivity index (χ0v) is 41.2. The van der Waals surface area contributed by atoms with Crippen LogP contribution in [0.25, 0.3) is 0 Å². The first kappa shape index (κ1) is 47.8. The van der Waals surface area contributed by atoms with Crippen molar-refractivity contribution in [1.82, 2.24) is 4.90 Å². The average molecular weight is 959 g/mol. The third kappa shape index (κ3) is 8.94. The minimum Gasteiger partial charge on any atom is -0.497 e. The van der Waals surface area contributed by atoms with E-state index >= 15 is 4.79 Å². The fourth-order valence-corrected chi connectivity index (χ4v) is 14.9. The van der Waals surface area contributed by atoms with Gasteiger partial charge in [-0.15, -0.1) is 0 Å². The number of nitrogens with one attached hydrogen (secondary N) is 2. The number of carbonyl (C=O) groups excluding carboxylic acids is 4. The standard InChI is InChI=1S/C56H58N4O9Si/c1-35-52(70(5,6)47-26-24-46(68-4)25-27-47)50(31-51(62)59-33-40-10-8-7-9-39(40)29-43(59)34-61)69-56(35)48-30-42(58-54(64)38-15-22-45(67-3)23-16-38)19-28-49(48)60(55(56)65)32-36-11-17-41(18-12-36)57-53(63)37-13-20-44(66-2)21-14-37/h7-28,30,35,43,50,52,61H,29,31-34H2,1-6H3,(H,57,63)(H,58,64)/t35-,43+,50+,52-,56+/m1/s1. The Bertz CT molecular complexity index is 2910. The number of ether oxygens (including phenoxy) is 4. The van der Waals surface area contributed by atoms with Crippen LogP contribution in [0.15, 0.2) is 140 Å². The molecule has 3 heterocycles. The smallest absolute Gasteiger partial charge is 0.264 e. The van der Waals surface area contributed by atoms with Crippen molar-refractivity contribution in [2.24, 2.45) is 5.92 Å². The highest BCUT2D eigenvalue weighted by atomic mass is 28.3. The minimum atomic E-state index is -2.68. The van der Waals surface area contributed by atoms with Crippen molar-refractivity contribution in [2.75, 3.05) is 43.5 Å². The van der Waals surface area contributed by atoms with Gasteiger partial charge in [-0.05, 0) is 120 Å². The highest BCUT2D eigenvalue weighted by molar-refractivity contribution is 6.91. The predicted octanol–water partition coefficient (Wildman–Crippen LogP) is 8.32. The number of methoxy groups -OCH3 is 3. The number of aliphatic hydroxyl groups is 1. The molecule has 9 rings (SSSR count). The van der Waals surface area contributed by atoms with Crippen LogP contribution in [0.2, 0.25) is 18.6 Å². The molecule has 0 aliphatic carbocycles. The summed E-state index contributed by atoms with van der Waals surface area (Å²) in [5.41, 5.74) is 4.31. The molecule has 360 valence electrons. The number of benzene rings is 6. The fraction of sp³-hybridized carbons (Fsp3) is 0.286. The van der Waals surface area contributed by atoms with Gasteiger partial charge in [0.1, 0.15) is 17.2 Å². The molecule has 3 aliphatic rings. The zero-order chi connectivity index (χ0) is 49.3. The number of anilines is 3. The van der Waals surface area contributed by atoms with Crippen LogP contribution in [-0.2, 0) is 39.4 Å². The molecule has 5 atom stereocenters. The Hall–Kier alpha value is -7.26. The molecule has 70 heavy (non-hydrogen) atoms. The Labute approximate surface area is 409 Å². The molecule has 6 aromatic rings. The predicted molar refractivity (Wildman–Crippen MR) is 272 cm³/mol. The largest absolute Gasteiger partial charge is 0.497 e. The van der Waals surface area contributed by atoms with Crippen molar-refractivity contribution in [3.05, 3.63) is 173 Å². The highest BCUT2D eigenvalue weighted by Crippen LogP contribution is 2.60. The van der Waals surface area contributed by atoms with Crippen molar-refractivity contribution in [3.63, 3.8) is 0 Å². The van der Waals surface area contributed by atoms with E-state index in [1.165, 1.54) is 0 Å². The van der Waals surface area contributed by atoms with Crippen LogP contribution in [0.5, 0.6) is 17.2 Å². The van der Waals surface area contributed by atoms with E-state index in [1.807, 2.05) is 60.7 Å². The molecule has 0 unspecified atom stereocenters. The van der Waals surface area contributed by atoms with Gasteiger partial charge in [-0.2, -0.15) is 0 Å². The molecule has 13 nitrogen and oxygen atoms in total. The number of hydrogen-bond donors (Lipinski definition) is 3. The first-order valence-electron chi connectivity index (χ1n) is 23.5. The van der Waals surface area contributed by atoms with Crippen LogP contribution in [0, 0.1) is 5.92 Å². The van der Waals surface area contributed by atoms with Gasteiger partial charge < -0.3 is 44.5 Å². The van der Waals surface area contributed by atoms with E-state index in [9.17, 15) is 19.5 Å². The van der Waals surface area contributed by atoms with Crippen molar-refractivity contribution < 1.29 is 43.2 Å². The van der Waals surface area contributed by atoms with Crippen LogP contribution < -0.4 is 34.9 Å². The number of nitrogens with zero attached hydrogens (tertiary/aromatic N) is 2. The monoisotopic (exact) mass is 958 g/mol. The summed E-state index contributed by atoms with van der Waals surface area (Å²) < 4.78 is 23.5. The van der Waals surface area contributed by atoms with Gasteiger partial charge in [-0.3, -0.25) is 19.2 Å². The maximum Gasteiger partial charge on any atom is 0.264 e. The van der Waals surface area contributed by atoms with Gasteiger partial charge in [-0.25, -0.2) is 0 Å². The lowest BCUT2D eigenvalue weighted by Gasteiger charge is -2.39. The number of rotatable bonds is 14. The minimum absolute atomic E-state index is 0.0117. The second-order valence-electron chi connectivity index (χ2n) is 18.9. The molecule has 0 bridgehead atoms. The van der Waals surface area contributed by atoms with Crippen LogP contribution in [0.1, 0.15) is 56.3 Å².